The highest BCUT2D eigenvalue weighted by molar-refractivity contribution is 7.12. The van der Waals surface area contributed by atoms with Gasteiger partial charge in [-0.15, -0.1) is 11.3 Å². The summed E-state index contributed by atoms with van der Waals surface area (Å²) < 4.78 is 5.39. The lowest BCUT2D eigenvalue weighted by atomic mass is 10.0. The Morgan fingerprint density at radius 2 is 2.11 bits per heavy atom. The van der Waals surface area contributed by atoms with E-state index in [-0.39, 0.29) is 24.3 Å². The molecule has 2 aromatic rings. The second-order valence-electron chi connectivity index (χ2n) is 6.38. The maximum absolute atomic E-state index is 13.1. The number of nitrogens with zero attached hydrogens (tertiary/aromatic N) is 2. The quantitative estimate of drug-likeness (QED) is 0.763. The van der Waals surface area contributed by atoms with Gasteiger partial charge in [-0.1, -0.05) is 17.7 Å². The first-order chi connectivity index (χ1) is 13.6. The highest BCUT2D eigenvalue weighted by atomic mass is 35.5. The molecule has 0 atom stereocenters. The third-order valence-electron chi connectivity index (χ3n) is 4.56. The van der Waals surface area contributed by atoms with Crippen LogP contribution < -0.4 is 5.32 Å². The van der Waals surface area contributed by atoms with E-state index in [0.717, 1.165) is 12.8 Å². The first-order valence-electron chi connectivity index (χ1n) is 9.00. The number of rotatable bonds is 6. The molecule has 6 nitrogen and oxygen atoms in total. The molecule has 28 heavy (non-hydrogen) atoms. The fraction of sp³-hybridized carbons (Fsp3) is 0.350. The predicted octanol–water partition coefficient (Wildman–Crippen LogP) is 4.19. The van der Waals surface area contributed by atoms with Gasteiger partial charge in [0.2, 0.25) is 0 Å². The molecule has 2 amide bonds. The Hall–Kier alpha value is -2.40. The molecule has 1 N–H and O–H groups in total. The van der Waals surface area contributed by atoms with E-state index in [1.54, 1.807) is 35.2 Å². The van der Waals surface area contributed by atoms with Crippen LogP contribution in [0.3, 0.4) is 0 Å². The molecule has 1 saturated heterocycles. The first-order valence-corrected chi connectivity index (χ1v) is 10.3. The van der Waals surface area contributed by atoms with Gasteiger partial charge in [0.1, 0.15) is 0 Å². The maximum atomic E-state index is 13.1. The van der Waals surface area contributed by atoms with Crippen LogP contribution in [0.5, 0.6) is 0 Å². The number of ether oxygens (including phenoxy) is 1. The Kier molecular flexibility index (Phi) is 7.04. The summed E-state index contributed by atoms with van der Waals surface area (Å²) in [5.41, 5.74) is 0.813. The van der Waals surface area contributed by atoms with E-state index >= 15 is 0 Å². The second-order valence-corrected chi connectivity index (χ2v) is 7.73. The molecule has 0 spiro atoms. The highest BCUT2D eigenvalue weighted by Gasteiger charge is 2.27. The lowest BCUT2D eigenvalue weighted by Crippen LogP contribution is -2.44. The van der Waals surface area contributed by atoms with Crippen LogP contribution in [0, 0.1) is 11.3 Å². The third-order valence-corrected chi connectivity index (χ3v) is 5.76. The van der Waals surface area contributed by atoms with Gasteiger partial charge >= 0.3 is 0 Å². The average Bonchev–Trinajstić information content (AvgIpc) is 3.25. The lowest BCUT2D eigenvalue weighted by Gasteiger charge is -2.34. The van der Waals surface area contributed by atoms with Crippen LogP contribution in [0.25, 0.3) is 0 Å². The van der Waals surface area contributed by atoms with Gasteiger partial charge in [-0.05, 0) is 42.5 Å². The topological polar surface area (TPSA) is 82.4 Å². The van der Waals surface area contributed by atoms with Crippen LogP contribution in [0.1, 0.15) is 39.3 Å². The van der Waals surface area contributed by atoms with Gasteiger partial charge in [0.15, 0.2) is 0 Å². The maximum Gasteiger partial charge on any atom is 0.265 e. The summed E-state index contributed by atoms with van der Waals surface area (Å²) in [6, 6.07) is 10.5. The van der Waals surface area contributed by atoms with Crippen molar-refractivity contribution in [1.82, 2.24) is 4.90 Å². The monoisotopic (exact) mass is 417 g/mol. The Balaban J connectivity index is 1.81. The molecular weight excluding hydrogens is 398 g/mol. The minimum absolute atomic E-state index is 0.0365. The Morgan fingerprint density at radius 1 is 1.32 bits per heavy atom. The smallest absolute Gasteiger partial charge is 0.265 e. The molecule has 0 aliphatic carbocycles. The molecule has 0 unspecified atom stereocenters. The van der Waals surface area contributed by atoms with E-state index in [0.29, 0.717) is 40.9 Å². The van der Waals surface area contributed by atoms with Crippen LogP contribution in [0.4, 0.5) is 5.69 Å². The summed E-state index contributed by atoms with van der Waals surface area (Å²) in [6.45, 7) is 1.56. The van der Waals surface area contributed by atoms with Crippen molar-refractivity contribution in [2.75, 3.05) is 25.1 Å². The van der Waals surface area contributed by atoms with Crippen molar-refractivity contribution in [1.29, 1.82) is 5.26 Å². The van der Waals surface area contributed by atoms with Crippen molar-refractivity contribution < 1.29 is 14.3 Å². The van der Waals surface area contributed by atoms with E-state index in [2.05, 4.69) is 11.4 Å². The number of carbonyl (C=O) groups is 2. The summed E-state index contributed by atoms with van der Waals surface area (Å²) in [4.78, 5) is 27.8. The minimum Gasteiger partial charge on any atom is -0.381 e. The van der Waals surface area contributed by atoms with Crippen molar-refractivity contribution in [2.45, 2.75) is 25.3 Å². The van der Waals surface area contributed by atoms with Crippen LogP contribution >= 0.6 is 22.9 Å². The zero-order chi connectivity index (χ0) is 19.9. The molecule has 1 aliphatic rings. The molecule has 146 valence electrons. The number of hydrogen-bond donors (Lipinski definition) is 1. The van der Waals surface area contributed by atoms with Gasteiger partial charge in [0, 0.05) is 31.4 Å². The van der Waals surface area contributed by atoms with Gasteiger partial charge in [-0.25, -0.2) is 0 Å². The first kappa shape index (κ1) is 20.3. The largest absolute Gasteiger partial charge is 0.381 e. The molecule has 0 bridgehead atoms. The van der Waals surface area contributed by atoms with Gasteiger partial charge in [-0.3, -0.25) is 9.59 Å². The minimum atomic E-state index is -0.271. The Labute approximate surface area is 172 Å². The third kappa shape index (κ3) is 4.90. The van der Waals surface area contributed by atoms with Gasteiger partial charge in [0.05, 0.1) is 28.1 Å². The molecule has 8 heteroatoms. The van der Waals surface area contributed by atoms with E-state index in [4.69, 9.17) is 21.6 Å². The van der Waals surface area contributed by atoms with Crippen LogP contribution in [0.2, 0.25) is 5.02 Å². The van der Waals surface area contributed by atoms with Crippen molar-refractivity contribution in [3.05, 3.63) is 51.2 Å². The fourth-order valence-electron chi connectivity index (χ4n) is 3.13. The van der Waals surface area contributed by atoms with E-state index in [9.17, 15) is 9.59 Å². The predicted molar refractivity (Wildman–Crippen MR) is 109 cm³/mol. The van der Waals surface area contributed by atoms with Gasteiger partial charge in [-0.2, -0.15) is 5.26 Å². The van der Waals surface area contributed by atoms with Crippen molar-refractivity contribution in [3.63, 3.8) is 0 Å². The standard InChI is InChI=1S/C20H20ClN3O3S/c21-16-5-4-14(13-17(16)23-19(25)18-3-1-12-28-18)20(26)24(9-2-8-22)15-6-10-27-11-7-15/h1,3-5,12-13,15H,2,6-7,9-11H2,(H,23,25). The summed E-state index contributed by atoms with van der Waals surface area (Å²) >= 11 is 7.55. The normalized spacial score (nSPS) is 14.3. The number of nitrogens with one attached hydrogen (secondary N) is 1. The fourth-order valence-corrected chi connectivity index (χ4v) is 3.91. The number of nitriles is 1. The SMILES string of the molecule is N#CCCN(C(=O)c1ccc(Cl)c(NC(=O)c2cccs2)c1)C1CCOCC1. The molecule has 1 aliphatic heterocycles. The Morgan fingerprint density at radius 3 is 2.79 bits per heavy atom. The summed E-state index contributed by atoms with van der Waals surface area (Å²) in [7, 11) is 0. The second kappa shape index (κ2) is 9.69. The molecule has 2 heterocycles. The molecule has 0 radical (unpaired) electrons. The molecule has 0 saturated carbocycles. The van der Waals surface area contributed by atoms with Crippen molar-refractivity contribution in [2.24, 2.45) is 0 Å². The molecule has 1 aromatic heterocycles. The van der Waals surface area contributed by atoms with Gasteiger partial charge < -0.3 is 15.0 Å². The number of carbonyl (C=O) groups excluding carboxylic acids is 2. The van der Waals surface area contributed by atoms with Crippen LogP contribution in [0.15, 0.2) is 35.7 Å². The molecule has 3 rings (SSSR count). The van der Waals surface area contributed by atoms with E-state index in [1.165, 1.54) is 11.3 Å². The average molecular weight is 418 g/mol. The van der Waals surface area contributed by atoms with E-state index in [1.807, 2.05) is 5.38 Å². The molecule has 1 fully saturated rings. The number of thiophene rings is 1. The summed E-state index contributed by atoms with van der Waals surface area (Å²) in [5, 5.41) is 13.9. The number of amides is 2. The number of benzene rings is 1. The van der Waals surface area contributed by atoms with Gasteiger partial charge in [0.25, 0.3) is 11.8 Å². The number of hydrogen-bond acceptors (Lipinski definition) is 5. The van der Waals surface area contributed by atoms with Crippen molar-refractivity contribution >= 4 is 40.4 Å². The molecule has 1 aromatic carbocycles. The lowest BCUT2D eigenvalue weighted by molar-refractivity contribution is 0.0296. The summed E-state index contributed by atoms with van der Waals surface area (Å²) in [5.74, 6) is -0.447. The number of anilines is 1. The van der Waals surface area contributed by atoms with Crippen LogP contribution in [-0.4, -0.2) is 42.5 Å². The van der Waals surface area contributed by atoms with E-state index < -0.39 is 0 Å². The Bertz CT molecular complexity index is 873. The summed E-state index contributed by atoms with van der Waals surface area (Å²) in [6.07, 6.45) is 1.75. The number of halogens is 1. The zero-order valence-corrected chi connectivity index (χ0v) is 16.8. The molecular formula is C20H20ClN3O3S. The highest BCUT2D eigenvalue weighted by Crippen LogP contribution is 2.26. The van der Waals surface area contributed by atoms with Crippen molar-refractivity contribution in [3.8, 4) is 6.07 Å². The van der Waals surface area contributed by atoms with Crippen LogP contribution in [-0.2, 0) is 4.74 Å². The zero-order valence-electron chi connectivity index (χ0n) is 15.2.